The van der Waals surface area contributed by atoms with Gasteiger partial charge in [-0.15, -0.1) is 10.2 Å². The van der Waals surface area contributed by atoms with Crippen molar-refractivity contribution in [1.29, 1.82) is 0 Å². The molecule has 12 heteroatoms. The van der Waals surface area contributed by atoms with E-state index in [2.05, 4.69) is 45.2 Å². The maximum absolute atomic E-state index is 12.8. The Labute approximate surface area is 231 Å². The van der Waals surface area contributed by atoms with Gasteiger partial charge in [0.2, 0.25) is 5.01 Å². The minimum atomic E-state index is -0.180. The minimum Gasteiger partial charge on any atom is -0.465 e. The molecule has 0 unspecified atom stereocenters. The van der Waals surface area contributed by atoms with E-state index in [-0.39, 0.29) is 18.0 Å². The highest BCUT2D eigenvalue weighted by molar-refractivity contribution is 8.00. The Kier molecular flexibility index (Phi) is 10.3. The molecule has 1 aliphatic rings. The molecule has 3 heterocycles. The molecule has 0 aliphatic carbocycles. The van der Waals surface area contributed by atoms with Gasteiger partial charge in [-0.25, -0.2) is 4.98 Å². The topological polar surface area (TPSA) is 103 Å². The van der Waals surface area contributed by atoms with Gasteiger partial charge >= 0.3 is 5.97 Å². The fourth-order valence-electron chi connectivity index (χ4n) is 4.15. The number of benzene rings is 1. The Bertz CT molecular complexity index is 1190. The standard InChI is InChI=1S/C26H34N6O4S2/c1-4-35-23(33)16-31-10-7-22(8-11-31)36-14-13-30(3)25(34)24-28-29-26(38-24)37-17-20-5-6-21(15-19(20)2)32-12-9-27-18-32/h5-6,9,12,15,18,22H,4,7-8,10-11,13-14,16-17H2,1-3H3. The number of ether oxygens (including phenoxy) is 2. The van der Waals surface area contributed by atoms with Crippen LogP contribution in [-0.2, 0) is 20.0 Å². The molecule has 0 spiro atoms. The van der Waals surface area contributed by atoms with Gasteiger partial charge in [0.05, 0.1) is 32.2 Å². The Morgan fingerprint density at radius 2 is 2.05 bits per heavy atom. The third-order valence-corrected chi connectivity index (χ3v) is 8.48. The van der Waals surface area contributed by atoms with Crippen molar-refractivity contribution in [3.8, 4) is 5.69 Å². The second kappa shape index (κ2) is 13.8. The summed E-state index contributed by atoms with van der Waals surface area (Å²) in [5, 5.41) is 8.73. The summed E-state index contributed by atoms with van der Waals surface area (Å²) in [4.78, 5) is 32.3. The van der Waals surface area contributed by atoms with Crippen LogP contribution in [-0.4, -0.2) is 94.0 Å². The van der Waals surface area contributed by atoms with E-state index < -0.39 is 0 Å². The Balaban J connectivity index is 1.17. The number of piperidine rings is 1. The SMILES string of the molecule is CCOC(=O)CN1CCC(OCCN(C)C(=O)c2nnc(SCc3ccc(-n4ccnc4)cc3C)s2)CC1. The third kappa shape index (κ3) is 7.85. The molecule has 2 aromatic heterocycles. The first kappa shape index (κ1) is 28.2. The van der Waals surface area contributed by atoms with Crippen LogP contribution in [0.4, 0.5) is 0 Å². The van der Waals surface area contributed by atoms with Gasteiger partial charge in [-0.2, -0.15) is 0 Å². The normalized spacial score (nSPS) is 14.5. The molecule has 1 aromatic carbocycles. The number of likely N-dealkylation sites (tertiary alicyclic amines) is 1. The van der Waals surface area contributed by atoms with Crippen molar-refractivity contribution in [2.24, 2.45) is 0 Å². The lowest BCUT2D eigenvalue weighted by molar-refractivity contribution is -0.145. The van der Waals surface area contributed by atoms with Crippen LogP contribution in [0.15, 0.2) is 41.3 Å². The van der Waals surface area contributed by atoms with Crippen LogP contribution in [0.1, 0.15) is 40.7 Å². The van der Waals surface area contributed by atoms with Crippen molar-refractivity contribution in [3.05, 3.63) is 53.1 Å². The number of imidazole rings is 1. The van der Waals surface area contributed by atoms with Crippen LogP contribution in [0, 0.1) is 6.92 Å². The molecule has 1 saturated heterocycles. The van der Waals surface area contributed by atoms with E-state index in [1.54, 1.807) is 36.2 Å². The number of aromatic nitrogens is 4. The summed E-state index contributed by atoms with van der Waals surface area (Å²) in [5.41, 5.74) is 3.47. The predicted molar refractivity (Wildman–Crippen MR) is 147 cm³/mol. The number of thioether (sulfide) groups is 1. The fourth-order valence-corrected chi connectivity index (χ4v) is 6.08. The highest BCUT2D eigenvalue weighted by Crippen LogP contribution is 2.28. The summed E-state index contributed by atoms with van der Waals surface area (Å²) < 4.78 is 13.8. The van der Waals surface area contributed by atoms with Crippen LogP contribution in [0.3, 0.4) is 0 Å². The number of aryl methyl sites for hydroxylation is 1. The zero-order valence-corrected chi connectivity index (χ0v) is 23.7. The summed E-state index contributed by atoms with van der Waals surface area (Å²) in [5.74, 6) is 0.421. The second-order valence-corrected chi connectivity index (χ2v) is 11.3. The van der Waals surface area contributed by atoms with Crippen molar-refractivity contribution in [1.82, 2.24) is 29.5 Å². The van der Waals surface area contributed by atoms with E-state index in [4.69, 9.17) is 9.47 Å². The molecule has 3 aromatic rings. The number of carbonyl (C=O) groups excluding carboxylic acids is 2. The van der Waals surface area contributed by atoms with Gasteiger partial charge < -0.3 is 18.9 Å². The lowest BCUT2D eigenvalue weighted by atomic mass is 10.1. The Morgan fingerprint density at radius 1 is 1.24 bits per heavy atom. The predicted octanol–water partition coefficient (Wildman–Crippen LogP) is 3.44. The van der Waals surface area contributed by atoms with Gasteiger partial charge in [0.1, 0.15) is 0 Å². The quantitative estimate of drug-likeness (QED) is 0.244. The first-order valence-electron chi connectivity index (χ1n) is 12.7. The van der Waals surface area contributed by atoms with Crippen molar-refractivity contribution in [2.75, 3.05) is 46.4 Å². The molecule has 10 nitrogen and oxygen atoms in total. The number of rotatable bonds is 12. The van der Waals surface area contributed by atoms with Crippen LogP contribution in [0.25, 0.3) is 5.69 Å². The van der Waals surface area contributed by atoms with Gasteiger partial charge in [0.25, 0.3) is 5.91 Å². The molecule has 0 atom stereocenters. The number of likely N-dealkylation sites (N-methyl/N-ethyl adjacent to an activating group) is 1. The van der Waals surface area contributed by atoms with E-state index in [0.717, 1.165) is 41.7 Å². The van der Waals surface area contributed by atoms with Gasteiger partial charge in [0, 0.05) is 50.5 Å². The van der Waals surface area contributed by atoms with Gasteiger partial charge in [0.15, 0.2) is 4.34 Å². The summed E-state index contributed by atoms with van der Waals surface area (Å²) in [6, 6.07) is 6.32. The molecule has 204 valence electrons. The van der Waals surface area contributed by atoms with Crippen molar-refractivity contribution in [2.45, 2.75) is 42.9 Å². The molecule has 0 saturated carbocycles. The number of hydrogen-bond acceptors (Lipinski definition) is 10. The number of esters is 1. The van der Waals surface area contributed by atoms with E-state index >= 15 is 0 Å². The van der Waals surface area contributed by atoms with E-state index in [0.29, 0.717) is 31.3 Å². The number of carbonyl (C=O) groups is 2. The number of hydrogen-bond donors (Lipinski definition) is 0. The van der Waals surface area contributed by atoms with Crippen LogP contribution >= 0.6 is 23.1 Å². The molecular weight excluding hydrogens is 524 g/mol. The van der Waals surface area contributed by atoms with E-state index in [1.165, 1.54) is 22.5 Å². The summed E-state index contributed by atoms with van der Waals surface area (Å²) in [7, 11) is 1.76. The third-order valence-electron chi connectivity index (χ3n) is 6.39. The second-order valence-electron chi connectivity index (χ2n) is 9.12. The van der Waals surface area contributed by atoms with Gasteiger partial charge in [-0.1, -0.05) is 29.2 Å². The molecule has 1 aliphatic heterocycles. The van der Waals surface area contributed by atoms with Crippen molar-refractivity contribution in [3.63, 3.8) is 0 Å². The Morgan fingerprint density at radius 3 is 2.76 bits per heavy atom. The summed E-state index contributed by atoms with van der Waals surface area (Å²) in [6.45, 7) is 7.19. The first-order valence-corrected chi connectivity index (χ1v) is 14.5. The van der Waals surface area contributed by atoms with Crippen LogP contribution in [0.2, 0.25) is 0 Å². The average molecular weight is 559 g/mol. The average Bonchev–Trinajstić information content (AvgIpc) is 3.61. The molecule has 38 heavy (non-hydrogen) atoms. The smallest absolute Gasteiger partial charge is 0.320 e. The highest BCUT2D eigenvalue weighted by Gasteiger charge is 2.23. The Hall–Kier alpha value is -2.80. The molecule has 1 fully saturated rings. The molecule has 4 rings (SSSR count). The highest BCUT2D eigenvalue weighted by atomic mass is 32.2. The van der Waals surface area contributed by atoms with E-state index in [1.807, 2.05) is 17.7 Å². The summed E-state index contributed by atoms with van der Waals surface area (Å²) >= 11 is 2.90. The minimum absolute atomic E-state index is 0.138. The zero-order chi connectivity index (χ0) is 26.9. The van der Waals surface area contributed by atoms with Gasteiger partial charge in [-0.05, 0) is 49.9 Å². The molecule has 0 N–H and O–H groups in total. The lowest BCUT2D eigenvalue weighted by Crippen LogP contribution is -2.41. The van der Waals surface area contributed by atoms with E-state index in [9.17, 15) is 9.59 Å². The fraction of sp³-hybridized carbons (Fsp3) is 0.500. The van der Waals surface area contributed by atoms with Crippen molar-refractivity contribution >= 4 is 35.0 Å². The maximum atomic E-state index is 12.8. The molecule has 0 radical (unpaired) electrons. The monoisotopic (exact) mass is 558 g/mol. The molecule has 0 bridgehead atoms. The van der Waals surface area contributed by atoms with Crippen LogP contribution < -0.4 is 0 Å². The number of nitrogens with zero attached hydrogens (tertiary/aromatic N) is 6. The summed E-state index contributed by atoms with van der Waals surface area (Å²) in [6.07, 6.45) is 7.33. The molecular formula is C26H34N6O4S2. The first-order chi connectivity index (χ1) is 18.4. The number of amides is 1. The maximum Gasteiger partial charge on any atom is 0.320 e. The van der Waals surface area contributed by atoms with Gasteiger partial charge in [-0.3, -0.25) is 14.5 Å². The van der Waals surface area contributed by atoms with Crippen molar-refractivity contribution < 1.29 is 19.1 Å². The zero-order valence-electron chi connectivity index (χ0n) is 22.0. The van der Waals surface area contributed by atoms with Crippen LogP contribution in [0.5, 0.6) is 0 Å². The lowest BCUT2D eigenvalue weighted by Gasteiger charge is -2.31. The molecule has 1 amide bonds. The largest absolute Gasteiger partial charge is 0.465 e.